The van der Waals surface area contributed by atoms with E-state index in [4.69, 9.17) is 31.8 Å². The van der Waals surface area contributed by atoms with Crippen molar-refractivity contribution in [3.63, 3.8) is 0 Å². The third-order valence-corrected chi connectivity index (χ3v) is 6.51. The van der Waals surface area contributed by atoms with Crippen LogP contribution in [0, 0.1) is 0 Å². The second kappa shape index (κ2) is 9.28. The van der Waals surface area contributed by atoms with Gasteiger partial charge >= 0.3 is 12.3 Å². The number of pyridine rings is 1. The van der Waals surface area contributed by atoms with Crippen LogP contribution in [0.15, 0.2) is 12.3 Å². The molecule has 3 aromatic rings. The summed E-state index contributed by atoms with van der Waals surface area (Å²) in [5.74, 6) is -0.179. The standard InChI is InChI=1S/C22H23ClF3N7O3/c1-2-36-21(34)32-4-3-14-15(11-32)33-17(23)16(12-9-13(22(24,25)26)18(27)28-10-12)30-19(20(33)29-14)31-5-7-35-8-6-31/h9-10H,2-8,11H2,1H3,(H2,27,28). The number of anilines is 2. The van der Waals surface area contributed by atoms with Crippen LogP contribution in [0.1, 0.15) is 23.9 Å². The van der Waals surface area contributed by atoms with Crippen LogP contribution in [0.2, 0.25) is 5.15 Å². The summed E-state index contributed by atoms with van der Waals surface area (Å²) in [6.07, 6.45) is -3.49. The van der Waals surface area contributed by atoms with E-state index in [0.29, 0.717) is 56.4 Å². The number of amides is 1. The summed E-state index contributed by atoms with van der Waals surface area (Å²) in [6.45, 7) is 4.51. The smallest absolute Gasteiger partial charge is 0.419 e. The highest BCUT2D eigenvalue weighted by molar-refractivity contribution is 6.32. The Hall–Kier alpha value is -3.32. The lowest BCUT2D eigenvalue weighted by atomic mass is 10.1. The zero-order valence-corrected chi connectivity index (χ0v) is 20.1. The number of halogens is 4. The van der Waals surface area contributed by atoms with Gasteiger partial charge in [-0.1, -0.05) is 11.6 Å². The van der Waals surface area contributed by atoms with E-state index in [1.807, 2.05) is 4.90 Å². The fraction of sp³-hybridized carbons (Fsp3) is 0.455. The number of fused-ring (bicyclic) bond motifs is 3. The summed E-state index contributed by atoms with van der Waals surface area (Å²) in [7, 11) is 0. The number of morpholine rings is 1. The lowest BCUT2D eigenvalue weighted by Crippen LogP contribution is -2.37. The first kappa shape index (κ1) is 24.4. The Morgan fingerprint density at radius 2 is 2.00 bits per heavy atom. The number of rotatable bonds is 3. The molecule has 0 radical (unpaired) electrons. The van der Waals surface area contributed by atoms with Gasteiger partial charge in [-0.2, -0.15) is 13.2 Å². The van der Waals surface area contributed by atoms with E-state index >= 15 is 0 Å². The quantitative estimate of drug-likeness (QED) is 0.554. The monoisotopic (exact) mass is 525 g/mol. The van der Waals surface area contributed by atoms with Crippen molar-refractivity contribution in [3.05, 3.63) is 34.4 Å². The van der Waals surface area contributed by atoms with Crippen molar-refractivity contribution in [2.75, 3.05) is 50.1 Å². The predicted molar refractivity (Wildman–Crippen MR) is 125 cm³/mol. The highest BCUT2D eigenvalue weighted by Gasteiger charge is 2.35. The number of alkyl halides is 3. The number of aromatic nitrogens is 4. The molecule has 0 unspecified atom stereocenters. The van der Waals surface area contributed by atoms with Crippen molar-refractivity contribution < 1.29 is 27.4 Å². The largest absolute Gasteiger partial charge is 0.450 e. The van der Waals surface area contributed by atoms with Gasteiger partial charge in [-0.3, -0.25) is 4.40 Å². The molecule has 1 amide bonds. The number of hydrogen-bond acceptors (Lipinski definition) is 8. The van der Waals surface area contributed by atoms with E-state index in [1.54, 1.807) is 11.3 Å². The van der Waals surface area contributed by atoms with E-state index in [0.717, 1.165) is 11.8 Å². The summed E-state index contributed by atoms with van der Waals surface area (Å²) < 4.78 is 52.9. The van der Waals surface area contributed by atoms with Crippen molar-refractivity contribution in [2.45, 2.75) is 26.1 Å². The molecule has 192 valence electrons. The molecule has 10 nitrogen and oxygen atoms in total. The first-order valence-corrected chi connectivity index (χ1v) is 11.7. The molecule has 0 bridgehead atoms. The summed E-state index contributed by atoms with van der Waals surface area (Å²) in [6, 6.07) is 0.889. The lowest BCUT2D eigenvalue weighted by Gasteiger charge is -2.29. The van der Waals surface area contributed by atoms with E-state index in [-0.39, 0.29) is 29.6 Å². The third kappa shape index (κ3) is 4.26. The van der Waals surface area contributed by atoms with Gasteiger partial charge in [0.2, 0.25) is 0 Å². The molecule has 0 spiro atoms. The van der Waals surface area contributed by atoms with Crippen LogP contribution < -0.4 is 10.6 Å². The van der Waals surface area contributed by atoms with Crippen LogP contribution in [0.25, 0.3) is 16.9 Å². The minimum atomic E-state index is -4.70. The zero-order valence-electron chi connectivity index (χ0n) is 19.3. The maximum absolute atomic E-state index is 13.6. The van der Waals surface area contributed by atoms with Crippen LogP contribution in [-0.2, 0) is 28.6 Å². The second-order valence-corrected chi connectivity index (χ2v) is 8.72. The third-order valence-electron chi connectivity index (χ3n) is 6.16. The molecule has 0 atom stereocenters. The molecular formula is C22H23ClF3N7O3. The normalized spacial score (nSPS) is 16.4. The molecule has 0 aliphatic carbocycles. The summed E-state index contributed by atoms with van der Waals surface area (Å²) >= 11 is 6.80. The van der Waals surface area contributed by atoms with Crippen molar-refractivity contribution in [1.29, 1.82) is 0 Å². The van der Waals surface area contributed by atoms with Crippen LogP contribution in [0.3, 0.4) is 0 Å². The summed E-state index contributed by atoms with van der Waals surface area (Å²) in [5, 5.41) is 0.0566. The molecular weight excluding hydrogens is 503 g/mol. The topological polar surface area (TPSA) is 111 Å². The van der Waals surface area contributed by atoms with Gasteiger partial charge in [0, 0.05) is 37.8 Å². The average molecular weight is 526 g/mol. The molecule has 14 heteroatoms. The second-order valence-electron chi connectivity index (χ2n) is 8.36. The molecule has 2 aliphatic heterocycles. The predicted octanol–water partition coefficient (Wildman–Crippen LogP) is 3.40. The van der Waals surface area contributed by atoms with Gasteiger partial charge in [-0.15, -0.1) is 0 Å². The molecule has 5 rings (SSSR count). The number of carbonyl (C=O) groups is 1. The maximum Gasteiger partial charge on any atom is 0.419 e. The fourth-order valence-electron chi connectivity index (χ4n) is 4.40. The minimum absolute atomic E-state index is 0.0541. The zero-order chi connectivity index (χ0) is 25.6. The molecule has 1 fully saturated rings. The molecule has 3 aromatic heterocycles. The van der Waals surface area contributed by atoms with Gasteiger partial charge in [0.15, 0.2) is 11.5 Å². The Bertz CT molecular complexity index is 1320. The summed E-state index contributed by atoms with van der Waals surface area (Å²) in [4.78, 5) is 29.1. The molecule has 36 heavy (non-hydrogen) atoms. The van der Waals surface area contributed by atoms with E-state index in [2.05, 4.69) is 9.97 Å². The van der Waals surface area contributed by atoms with Crippen LogP contribution in [0.4, 0.5) is 29.6 Å². The number of nitrogens with zero attached hydrogens (tertiary/aromatic N) is 6. The van der Waals surface area contributed by atoms with Gasteiger partial charge in [0.25, 0.3) is 0 Å². The molecule has 2 N–H and O–H groups in total. The van der Waals surface area contributed by atoms with Gasteiger partial charge in [0.1, 0.15) is 16.7 Å². The SMILES string of the molecule is CCOC(=O)N1CCc2nc3c(N4CCOCC4)nc(-c4cnc(N)c(C(F)(F)F)c4)c(Cl)n3c2C1. The maximum atomic E-state index is 13.6. The number of carbonyl (C=O) groups excluding carboxylic acids is 1. The number of imidazole rings is 1. The van der Waals surface area contributed by atoms with Gasteiger partial charge < -0.3 is 25.0 Å². The molecule has 1 saturated heterocycles. The average Bonchev–Trinajstić information content (AvgIpc) is 3.24. The lowest BCUT2D eigenvalue weighted by molar-refractivity contribution is -0.137. The molecule has 2 aliphatic rings. The van der Waals surface area contributed by atoms with E-state index < -0.39 is 23.7 Å². The van der Waals surface area contributed by atoms with Crippen LogP contribution in [-0.4, -0.2) is 69.8 Å². The Morgan fingerprint density at radius 3 is 2.69 bits per heavy atom. The van der Waals surface area contributed by atoms with Crippen molar-refractivity contribution in [3.8, 4) is 11.3 Å². The Kier molecular flexibility index (Phi) is 6.29. The Labute approximate surface area is 208 Å². The molecule has 0 saturated carbocycles. The van der Waals surface area contributed by atoms with Gasteiger partial charge in [-0.05, 0) is 13.0 Å². The van der Waals surface area contributed by atoms with E-state index in [1.165, 1.54) is 11.1 Å². The van der Waals surface area contributed by atoms with E-state index in [9.17, 15) is 18.0 Å². The first-order valence-electron chi connectivity index (χ1n) is 11.4. The van der Waals surface area contributed by atoms with Crippen molar-refractivity contribution >= 4 is 35.0 Å². The Balaban J connectivity index is 1.71. The van der Waals surface area contributed by atoms with Crippen molar-refractivity contribution in [2.24, 2.45) is 0 Å². The number of hydrogen-bond donors (Lipinski definition) is 1. The number of nitrogen functional groups attached to an aromatic ring is 1. The number of nitrogens with two attached hydrogens (primary N) is 1. The van der Waals surface area contributed by atoms with Gasteiger partial charge in [-0.25, -0.2) is 19.7 Å². The van der Waals surface area contributed by atoms with Crippen LogP contribution in [0.5, 0.6) is 0 Å². The Morgan fingerprint density at radius 1 is 1.25 bits per heavy atom. The summed E-state index contributed by atoms with van der Waals surface area (Å²) in [5.41, 5.74) is 6.41. The molecule has 0 aromatic carbocycles. The highest BCUT2D eigenvalue weighted by Crippen LogP contribution is 2.39. The first-order chi connectivity index (χ1) is 17.2. The fourth-order valence-corrected chi connectivity index (χ4v) is 4.74. The minimum Gasteiger partial charge on any atom is -0.450 e. The van der Waals surface area contributed by atoms with Gasteiger partial charge in [0.05, 0.1) is 43.3 Å². The highest BCUT2D eigenvalue weighted by atomic mass is 35.5. The molecule has 5 heterocycles. The van der Waals surface area contributed by atoms with Crippen molar-refractivity contribution in [1.82, 2.24) is 24.3 Å². The number of ether oxygens (including phenoxy) is 2. The van der Waals surface area contributed by atoms with Crippen LogP contribution >= 0.6 is 11.6 Å².